The van der Waals surface area contributed by atoms with Crippen molar-refractivity contribution in [2.75, 3.05) is 7.11 Å². The normalized spacial score (nSPS) is 13.0. The minimum absolute atomic E-state index is 0.197. The summed E-state index contributed by atoms with van der Waals surface area (Å²) in [4.78, 5) is 24.3. The Morgan fingerprint density at radius 3 is 2.39 bits per heavy atom. The Morgan fingerprint density at radius 1 is 0.968 bits per heavy atom. The molecule has 0 aliphatic heterocycles. The minimum Gasteiger partial charge on any atom is -0.466 e. The number of aromatic nitrogens is 1. The Balaban J connectivity index is 2.03. The molecule has 5 heteroatoms. The van der Waals surface area contributed by atoms with Crippen LogP contribution in [0.25, 0.3) is 17.0 Å². The van der Waals surface area contributed by atoms with E-state index in [1.165, 1.54) is 17.8 Å². The first-order valence-corrected chi connectivity index (χ1v) is 10.1. The molecule has 1 unspecified atom stereocenters. The number of methoxy groups -OCH3 is 1. The van der Waals surface area contributed by atoms with Crippen LogP contribution in [0.1, 0.15) is 37.8 Å². The van der Waals surface area contributed by atoms with Crippen LogP contribution in [0.2, 0.25) is 0 Å². The molecule has 0 bridgehead atoms. The second-order valence-electron chi connectivity index (χ2n) is 8.12. The number of rotatable bonds is 5. The van der Waals surface area contributed by atoms with Crippen LogP contribution in [0.15, 0.2) is 79.0 Å². The highest BCUT2D eigenvalue weighted by atomic mass is 16.6. The van der Waals surface area contributed by atoms with Gasteiger partial charge in [0.2, 0.25) is 0 Å². The number of allylic oxidation sites excluding steroid dienone is 2. The van der Waals surface area contributed by atoms with Gasteiger partial charge in [-0.3, -0.25) is 4.57 Å². The molecule has 1 atom stereocenters. The van der Waals surface area contributed by atoms with E-state index in [2.05, 4.69) is 0 Å². The van der Waals surface area contributed by atoms with Gasteiger partial charge in [-0.2, -0.15) is 0 Å². The van der Waals surface area contributed by atoms with Crippen LogP contribution in [0.4, 0.5) is 4.79 Å². The number of nitrogens with zero attached hydrogens (tertiary/aromatic N) is 1. The average molecular weight is 418 g/mol. The molecule has 3 aromatic rings. The number of esters is 1. The van der Waals surface area contributed by atoms with Crippen molar-refractivity contribution in [2.45, 2.75) is 32.3 Å². The fraction of sp³-hybridized carbons (Fsp3) is 0.231. The summed E-state index contributed by atoms with van der Waals surface area (Å²) in [6, 6.07) is 17.6. The van der Waals surface area contributed by atoms with Gasteiger partial charge in [0.25, 0.3) is 0 Å². The molecule has 5 nitrogen and oxygen atoms in total. The van der Waals surface area contributed by atoms with Crippen LogP contribution < -0.4 is 0 Å². The van der Waals surface area contributed by atoms with Crippen LogP contribution in [-0.4, -0.2) is 29.3 Å². The fourth-order valence-corrected chi connectivity index (χ4v) is 3.25. The average Bonchev–Trinajstić information content (AvgIpc) is 3.18. The van der Waals surface area contributed by atoms with E-state index < -0.39 is 17.7 Å². The van der Waals surface area contributed by atoms with Gasteiger partial charge < -0.3 is 9.47 Å². The molecule has 0 radical (unpaired) electrons. The third-order valence-electron chi connectivity index (χ3n) is 4.65. The number of carbonyl (C=O) groups is 2. The molecule has 0 aliphatic rings. The van der Waals surface area contributed by atoms with Gasteiger partial charge in [0.15, 0.2) is 0 Å². The van der Waals surface area contributed by atoms with Crippen LogP contribution >= 0.6 is 0 Å². The summed E-state index contributed by atoms with van der Waals surface area (Å²) >= 11 is 0. The first-order chi connectivity index (χ1) is 14.8. The number of hydrogen-bond donors (Lipinski definition) is 0. The number of benzene rings is 2. The Kier molecular flexibility index (Phi) is 6.75. The highest BCUT2D eigenvalue weighted by Crippen LogP contribution is 2.30. The quantitative estimate of drug-likeness (QED) is 0.380. The molecule has 0 saturated heterocycles. The van der Waals surface area contributed by atoms with Gasteiger partial charge in [0.05, 0.1) is 12.6 Å². The molecule has 0 N–H and O–H groups in total. The molecule has 0 amide bonds. The Hall–Kier alpha value is -3.60. The van der Waals surface area contributed by atoms with E-state index in [4.69, 9.17) is 9.47 Å². The summed E-state index contributed by atoms with van der Waals surface area (Å²) in [6.07, 6.45) is 8.53. The van der Waals surface area contributed by atoms with Gasteiger partial charge in [-0.25, -0.2) is 9.59 Å². The van der Waals surface area contributed by atoms with E-state index in [0.29, 0.717) is 0 Å². The third-order valence-corrected chi connectivity index (χ3v) is 4.65. The maximum atomic E-state index is 12.6. The lowest BCUT2D eigenvalue weighted by Gasteiger charge is -2.20. The lowest BCUT2D eigenvalue weighted by Crippen LogP contribution is -2.26. The van der Waals surface area contributed by atoms with Gasteiger partial charge in [-0.15, -0.1) is 0 Å². The zero-order valence-electron chi connectivity index (χ0n) is 18.2. The molecule has 0 aliphatic carbocycles. The zero-order valence-corrected chi connectivity index (χ0v) is 18.2. The van der Waals surface area contributed by atoms with E-state index >= 15 is 0 Å². The van der Waals surface area contributed by atoms with E-state index in [1.807, 2.05) is 87.5 Å². The van der Waals surface area contributed by atoms with Crippen molar-refractivity contribution in [2.24, 2.45) is 0 Å². The largest absolute Gasteiger partial charge is 0.466 e. The lowest BCUT2D eigenvalue weighted by molar-refractivity contribution is -0.134. The van der Waals surface area contributed by atoms with Crippen molar-refractivity contribution in [3.05, 3.63) is 90.1 Å². The highest BCUT2D eigenvalue weighted by molar-refractivity contribution is 5.92. The predicted octanol–water partition coefficient (Wildman–Crippen LogP) is 5.95. The second-order valence-corrected chi connectivity index (χ2v) is 8.12. The molecular formula is C26H27NO4. The van der Waals surface area contributed by atoms with Crippen LogP contribution in [0, 0.1) is 0 Å². The van der Waals surface area contributed by atoms with Crippen LogP contribution in [0.3, 0.4) is 0 Å². The first kappa shape index (κ1) is 22.1. The Bertz CT molecular complexity index is 1120. The van der Waals surface area contributed by atoms with Crippen molar-refractivity contribution in [1.82, 2.24) is 4.57 Å². The zero-order chi connectivity index (χ0) is 22.4. The van der Waals surface area contributed by atoms with Crippen molar-refractivity contribution in [1.29, 1.82) is 0 Å². The predicted molar refractivity (Wildman–Crippen MR) is 123 cm³/mol. The van der Waals surface area contributed by atoms with Crippen LogP contribution in [-0.2, 0) is 14.3 Å². The minimum atomic E-state index is -0.588. The summed E-state index contributed by atoms with van der Waals surface area (Å²) in [5.74, 6) is -0.617. The van der Waals surface area contributed by atoms with Gasteiger partial charge >= 0.3 is 12.1 Å². The monoisotopic (exact) mass is 417 g/mol. The molecule has 1 aromatic heterocycles. The van der Waals surface area contributed by atoms with Gasteiger partial charge in [0, 0.05) is 23.6 Å². The standard InChI is InChI=1S/C26H27NO4/c1-26(2,3)31-25(29)27-18-17-22-21(11-8-12-23(22)27)20(15-16-24(28)30-4)14-13-19-9-6-5-7-10-19/h5-18,20H,1-4H3. The van der Waals surface area contributed by atoms with E-state index in [-0.39, 0.29) is 5.92 Å². The maximum Gasteiger partial charge on any atom is 0.418 e. The second kappa shape index (κ2) is 9.47. The van der Waals surface area contributed by atoms with Crippen molar-refractivity contribution in [3.63, 3.8) is 0 Å². The van der Waals surface area contributed by atoms with Crippen molar-refractivity contribution in [3.8, 4) is 0 Å². The van der Waals surface area contributed by atoms with Crippen molar-refractivity contribution >= 4 is 29.0 Å². The summed E-state index contributed by atoms with van der Waals surface area (Å²) < 4.78 is 11.8. The van der Waals surface area contributed by atoms with Gasteiger partial charge in [-0.1, -0.05) is 60.7 Å². The molecule has 0 spiro atoms. The number of ether oxygens (including phenoxy) is 2. The van der Waals surface area contributed by atoms with E-state index in [1.54, 1.807) is 12.3 Å². The highest BCUT2D eigenvalue weighted by Gasteiger charge is 2.20. The number of fused-ring (bicyclic) bond motifs is 1. The first-order valence-electron chi connectivity index (χ1n) is 10.1. The molecule has 31 heavy (non-hydrogen) atoms. The Labute approximate surface area is 182 Å². The molecule has 2 aromatic carbocycles. The molecule has 160 valence electrons. The summed E-state index contributed by atoms with van der Waals surface area (Å²) in [6.45, 7) is 5.51. The summed E-state index contributed by atoms with van der Waals surface area (Å²) in [5.41, 5.74) is 2.18. The number of carbonyl (C=O) groups excluding carboxylic acids is 2. The number of hydrogen-bond acceptors (Lipinski definition) is 4. The van der Waals surface area contributed by atoms with E-state index in [9.17, 15) is 9.59 Å². The molecule has 1 heterocycles. The smallest absolute Gasteiger partial charge is 0.418 e. The molecule has 0 saturated carbocycles. The Morgan fingerprint density at radius 2 is 1.71 bits per heavy atom. The SMILES string of the molecule is COC(=O)C=CC(C=Cc1ccccc1)c1cccc2c1ccn2C(=O)OC(C)(C)C. The molecule has 3 rings (SSSR count). The summed E-state index contributed by atoms with van der Waals surface area (Å²) in [7, 11) is 1.35. The molecule has 0 fully saturated rings. The van der Waals surface area contributed by atoms with Gasteiger partial charge in [-0.05, 0) is 44.0 Å². The fourth-order valence-electron chi connectivity index (χ4n) is 3.25. The maximum absolute atomic E-state index is 12.6. The summed E-state index contributed by atoms with van der Waals surface area (Å²) in [5, 5.41) is 0.908. The topological polar surface area (TPSA) is 57.5 Å². The third kappa shape index (κ3) is 5.72. The van der Waals surface area contributed by atoms with Crippen molar-refractivity contribution < 1.29 is 19.1 Å². The van der Waals surface area contributed by atoms with E-state index in [0.717, 1.165) is 22.0 Å². The lowest BCUT2D eigenvalue weighted by atomic mass is 9.94. The van der Waals surface area contributed by atoms with Gasteiger partial charge in [0.1, 0.15) is 5.60 Å². The van der Waals surface area contributed by atoms with Crippen LogP contribution in [0.5, 0.6) is 0 Å². The molecular weight excluding hydrogens is 390 g/mol.